The molecule has 2 N–H and O–H groups in total. The van der Waals surface area contributed by atoms with Crippen LogP contribution in [-0.2, 0) is 4.74 Å². The molecule has 140 valence electrons. The van der Waals surface area contributed by atoms with E-state index in [-0.39, 0.29) is 24.0 Å². The lowest BCUT2D eigenvalue weighted by Crippen LogP contribution is -2.48. The molecule has 0 aromatic heterocycles. The second-order valence-corrected chi connectivity index (χ2v) is 7.76. The zero-order valence-corrected chi connectivity index (χ0v) is 17.8. The first kappa shape index (κ1) is 20.2. The molecule has 3 heterocycles. The molecule has 0 amide bonds. The molecule has 0 saturated carbocycles. The summed E-state index contributed by atoms with van der Waals surface area (Å²) < 4.78 is 5.95. The molecule has 4 atom stereocenters. The Bertz CT molecular complexity index is 418. The van der Waals surface area contributed by atoms with Gasteiger partial charge in [-0.25, -0.2) is 0 Å². The largest absolute Gasteiger partial charge is 0.373 e. The van der Waals surface area contributed by atoms with E-state index >= 15 is 0 Å². The van der Waals surface area contributed by atoms with E-state index in [4.69, 9.17) is 9.73 Å². The fourth-order valence-corrected chi connectivity index (χ4v) is 4.29. The minimum absolute atomic E-state index is 0. The van der Waals surface area contributed by atoms with Crippen molar-refractivity contribution in [2.24, 2.45) is 10.9 Å². The van der Waals surface area contributed by atoms with E-state index in [9.17, 15) is 0 Å². The van der Waals surface area contributed by atoms with E-state index in [0.29, 0.717) is 24.3 Å². The highest BCUT2D eigenvalue weighted by atomic mass is 127. The number of likely N-dealkylation sites (tertiary alicyclic amines) is 1. The van der Waals surface area contributed by atoms with Crippen LogP contribution in [0.2, 0.25) is 0 Å². The smallest absolute Gasteiger partial charge is 0.191 e. The van der Waals surface area contributed by atoms with Crippen LogP contribution in [0.3, 0.4) is 0 Å². The van der Waals surface area contributed by atoms with Crippen LogP contribution in [0.25, 0.3) is 0 Å². The first-order valence-corrected chi connectivity index (χ1v) is 9.60. The summed E-state index contributed by atoms with van der Waals surface area (Å²) in [4.78, 5) is 7.52. The van der Waals surface area contributed by atoms with E-state index in [1.807, 2.05) is 0 Å². The molecule has 0 aromatic carbocycles. The van der Waals surface area contributed by atoms with Crippen LogP contribution < -0.4 is 10.6 Å². The van der Waals surface area contributed by atoms with Crippen molar-refractivity contribution < 1.29 is 4.74 Å². The van der Waals surface area contributed by atoms with Crippen LogP contribution in [0.5, 0.6) is 0 Å². The molecular formula is C18H35IN4O. The minimum atomic E-state index is 0. The molecule has 3 aliphatic heterocycles. The maximum absolute atomic E-state index is 5.95. The lowest BCUT2D eigenvalue weighted by atomic mass is 9.96. The standard InChI is InChI=1S/C18H34N4O.HI/c1-4-19-18(21-16-10-15-7-8-17(16)23-15)20-11-14-6-5-9-22(14)12-13(2)3;/h13-17H,4-12H2,1-3H3,(H2,19,20,21);1H/t14-,15?,16?,17?;/m1./s1. The number of fused-ring (bicyclic) bond motifs is 2. The number of halogens is 1. The maximum atomic E-state index is 5.95. The summed E-state index contributed by atoms with van der Waals surface area (Å²) >= 11 is 0. The summed E-state index contributed by atoms with van der Waals surface area (Å²) in [5.41, 5.74) is 0. The van der Waals surface area contributed by atoms with Crippen molar-refractivity contribution in [1.29, 1.82) is 0 Å². The maximum Gasteiger partial charge on any atom is 0.191 e. The molecule has 3 rings (SSSR count). The molecule has 0 aromatic rings. The number of nitrogens with one attached hydrogen (secondary N) is 2. The molecule has 0 radical (unpaired) electrons. The first-order valence-electron chi connectivity index (χ1n) is 9.60. The van der Waals surface area contributed by atoms with Gasteiger partial charge >= 0.3 is 0 Å². The molecule has 0 spiro atoms. The van der Waals surface area contributed by atoms with Gasteiger partial charge in [-0.1, -0.05) is 13.8 Å². The molecule has 6 heteroatoms. The van der Waals surface area contributed by atoms with Gasteiger partial charge in [0.25, 0.3) is 0 Å². The molecule has 3 fully saturated rings. The van der Waals surface area contributed by atoms with Crippen LogP contribution in [0.4, 0.5) is 0 Å². The fraction of sp³-hybridized carbons (Fsp3) is 0.944. The van der Waals surface area contributed by atoms with Gasteiger partial charge in [0.05, 0.1) is 24.8 Å². The van der Waals surface area contributed by atoms with Crippen molar-refractivity contribution in [3.8, 4) is 0 Å². The van der Waals surface area contributed by atoms with Crippen LogP contribution in [-0.4, -0.2) is 61.3 Å². The predicted octanol–water partition coefficient (Wildman–Crippen LogP) is 2.60. The molecule has 3 unspecified atom stereocenters. The lowest BCUT2D eigenvalue weighted by molar-refractivity contribution is 0.0992. The number of aliphatic imine (C=N–C) groups is 1. The van der Waals surface area contributed by atoms with E-state index < -0.39 is 0 Å². The third kappa shape index (κ3) is 5.21. The minimum Gasteiger partial charge on any atom is -0.373 e. The Labute approximate surface area is 164 Å². The molecular weight excluding hydrogens is 415 g/mol. The monoisotopic (exact) mass is 450 g/mol. The zero-order chi connectivity index (χ0) is 16.2. The van der Waals surface area contributed by atoms with E-state index in [1.165, 1.54) is 38.8 Å². The van der Waals surface area contributed by atoms with Crippen molar-refractivity contribution in [3.63, 3.8) is 0 Å². The van der Waals surface area contributed by atoms with Gasteiger partial charge in [-0.2, -0.15) is 0 Å². The van der Waals surface area contributed by atoms with Gasteiger partial charge in [-0.3, -0.25) is 9.89 Å². The summed E-state index contributed by atoms with van der Waals surface area (Å²) in [6, 6.07) is 1.06. The first-order chi connectivity index (χ1) is 11.2. The van der Waals surface area contributed by atoms with Crippen LogP contribution in [0.1, 0.15) is 52.9 Å². The lowest BCUT2D eigenvalue weighted by Gasteiger charge is -2.26. The van der Waals surface area contributed by atoms with Gasteiger partial charge in [0, 0.05) is 19.1 Å². The summed E-state index contributed by atoms with van der Waals surface area (Å²) in [7, 11) is 0. The Morgan fingerprint density at radius 3 is 2.75 bits per heavy atom. The Morgan fingerprint density at radius 1 is 1.29 bits per heavy atom. The van der Waals surface area contributed by atoms with Crippen molar-refractivity contribution >= 4 is 29.9 Å². The number of nitrogens with zero attached hydrogens (tertiary/aromatic N) is 2. The van der Waals surface area contributed by atoms with Gasteiger partial charge in [0.2, 0.25) is 0 Å². The molecule has 3 aliphatic rings. The van der Waals surface area contributed by atoms with Crippen molar-refractivity contribution in [1.82, 2.24) is 15.5 Å². The van der Waals surface area contributed by atoms with Crippen LogP contribution in [0.15, 0.2) is 4.99 Å². The summed E-state index contributed by atoms with van der Waals surface area (Å²) in [6.45, 7) is 11.0. The summed E-state index contributed by atoms with van der Waals surface area (Å²) in [5, 5.41) is 7.04. The van der Waals surface area contributed by atoms with Gasteiger partial charge < -0.3 is 15.4 Å². The highest BCUT2D eigenvalue weighted by Crippen LogP contribution is 2.34. The SMILES string of the molecule is CCNC(=NC[C@H]1CCCN1CC(C)C)NC1CC2CCC1O2.I. The predicted molar refractivity (Wildman–Crippen MR) is 110 cm³/mol. The van der Waals surface area contributed by atoms with Gasteiger partial charge in [0.15, 0.2) is 5.96 Å². The van der Waals surface area contributed by atoms with E-state index in [1.54, 1.807) is 0 Å². The van der Waals surface area contributed by atoms with Gasteiger partial charge in [-0.05, 0) is 51.5 Å². The molecule has 24 heavy (non-hydrogen) atoms. The van der Waals surface area contributed by atoms with Gasteiger partial charge in [0.1, 0.15) is 0 Å². The number of ether oxygens (including phenoxy) is 1. The van der Waals surface area contributed by atoms with Crippen molar-refractivity contribution in [2.75, 3.05) is 26.2 Å². The van der Waals surface area contributed by atoms with E-state index in [0.717, 1.165) is 31.4 Å². The average Bonchev–Trinajstić information content (AvgIpc) is 3.21. The third-order valence-electron chi connectivity index (χ3n) is 5.33. The quantitative estimate of drug-likeness (QED) is 0.371. The average molecular weight is 450 g/mol. The molecule has 3 saturated heterocycles. The highest BCUT2D eigenvalue weighted by Gasteiger charge is 2.41. The van der Waals surface area contributed by atoms with Crippen LogP contribution >= 0.6 is 24.0 Å². The molecule has 2 bridgehead atoms. The highest BCUT2D eigenvalue weighted by molar-refractivity contribution is 14.0. The normalized spacial score (nSPS) is 33.1. The van der Waals surface area contributed by atoms with Crippen molar-refractivity contribution in [2.45, 2.75) is 77.2 Å². The topological polar surface area (TPSA) is 48.9 Å². The molecule has 0 aliphatic carbocycles. The Morgan fingerprint density at radius 2 is 2.12 bits per heavy atom. The zero-order valence-electron chi connectivity index (χ0n) is 15.5. The second kappa shape index (κ2) is 9.57. The number of guanidine groups is 1. The Hall–Kier alpha value is -0.0800. The second-order valence-electron chi connectivity index (χ2n) is 7.76. The summed E-state index contributed by atoms with van der Waals surface area (Å²) in [5.74, 6) is 1.71. The summed E-state index contributed by atoms with van der Waals surface area (Å²) in [6.07, 6.45) is 7.06. The third-order valence-corrected chi connectivity index (χ3v) is 5.33. The Kier molecular flexibility index (Phi) is 8.07. The molecule has 5 nitrogen and oxygen atoms in total. The Balaban J connectivity index is 0.00000208. The van der Waals surface area contributed by atoms with Crippen molar-refractivity contribution in [3.05, 3.63) is 0 Å². The van der Waals surface area contributed by atoms with E-state index in [2.05, 4.69) is 36.3 Å². The number of rotatable bonds is 6. The van der Waals surface area contributed by atoms with Gasteiger partial charge in [-0.15, -0.1) is 24.0 Å². The number of hydrogen-bond donors (Lipinski definition) is 2. The van der Waals surface area contributed by atoms with Crippen LogP contribution in [0, 0.1) is 5.92 Å². The fourth-order valence-electron chi connectivity index (χ4n) is 4.29. The number of hydrogen-bond acceptors (Lipinski definition) is 3.